The molecule has 2 N–H and O–H groups in total. The number of nitrogens with zero attached hydrogens (tertiary/aromatic N) is 1. The maximum atomic E-state index is 12.7. The molecule has 0 aromatic carbocycles. The molecule has 1 saturated heterocycles. The summed E-state index contributed by atoms with van der Waals surface area (Å²) in [5.41, 5.74) is 0. The van der Waals surface area contributed by atoms with Crippen molar-refractivity contribution in [3.05, 3.63) is 0 Å². The van der Waals surface area contributed by atoms with E-state index in [0.29, 0.717) is 38.6 Å². The normalized spacial score (nSPS) is 31.8. The molecule has 20 heavy (non-hydrogen) atoms. The highest BCUT2D eigenvalue weighted by atomic mass is 32.2. The summed E-state index contributed by atoms with van der Waals surface area (Å²) in [6.07, 6.45) is 4.43. The topological polar surface area (TPSA) is 94.9 Å². The molecule has 7 heteroatoms. The first kappa shape index (κ1) is 15.7. The van der Waals surface area contributed by atoms with Crippen LogP contribution < -0.4 is 0 Å². The van der Waals surface area contributed by atoms with E-state index in [1.165, 1.54) is 4.31 Å². The smallest absolute Gasteiger partial charge is 0.307 e. The minimum absolute atomic E-state index is 0.0611. The molecule has 1 aliphatic carbocycles. The van der Waals surface area contributed by atoms with Crippen molar-refractivity contribution < 1.29 is 23.4 Å². The van der Waals surface area contributed by atoms with Crippen LogP contribution in [0.5, 0.6) is 0 Å². The Morgan fingerprint density at radius 1 is 1.20 bits per heavy atom. The summed E-state index contributed by atoms with van der Waals surface area (Å²) >= 11 is 0. The van der Waals surface area contributed by atoms with Crippen LogP contribution in [0.1, 0.15) is 44.9 Å². The summed E-state index contributed by atoms with van der Waals surface area (Å²) < 4.78 is 27.0. The predicted molar refractivity (Wildman–Crippen MR) is 73.7 cm³/mol. The van der Waals surface area contributed by atoms with Gasteiger partial charge in [-0.05, 0) is 38.5 Å². The molecule has 3 atom stereocenters. The number of carboxylic acid groups (broad SMARTS) is 1. The Kier molecular flexibility index (Phi) is 5.04. The van der Waals surface area contributed by atoms with E-state index in [1.54, 1.807) is 0 Å². The molecule has 0 aromatic rings. The average molecular weight is 305 g/mol. The van der Waals surface area contributed by atoms with Crippen LogP contribution >= 0.6 is 0 Å². The van der Waals surface area contributed by atoms with Gasteiger partial charge in [0.05, 0.1) is 11.2 Å². The first-order valence-corrected chi connectivity index (χ1v) is 8.83. The van der Waals surface area contributed by atoms with E-state index < -0.39 is 27.2 Å². The summed E-state index contributed by atoms with van der Waals surface area (Å²) in [6.45, 7) is 0.548. The minimum atomic E-state index is -3.54. The number of aliphatic carboxylic acids is 1. The molecule has 0 bridgehead atoms. The van der Waals surface area contributed by atoms with Crippen LogP contribution in [0, 0.1) is 5.92 Å². The van der Waals surface area contributed by atoms with Crippen LogP contribution in [0.4, 0.5) is 0 Å². The van der Waals surface area contributed by atoms with Gasteiger partial charge in [-0.25, -0.2) is 8.42 Å². The Morgan fingerprint density at radius 2 is 1.95 bits per heavy atom. The number of carbonyl (C=O) groups is 1. The SMILES string of the molecule is O=C(O)C1CCCC1S(=O)(=O)N1CCCC1CCCO. The Hall–Kier alpha value is -0.660. The van der Waals surface area contributed by atoms with Crippen LogP contribution in [0.25, 0.3) is 0 Å². The molecule has 2 rings (SSSR count). The van der Waals surface area contributed by atoms with Gasteiger partial charge in [-0.1, -0.05) is 6.42 Å². The van der Waals surface area contributed by atoms with Gasteiger partial charge in [-0.3, -0.25) is 4.79 Å². The van der Waals surface area contributed by atoms with E-state index in [0.717, 1.165) is 12.8 Å². The Morgan fingerprint density at radius 3 is 2.60 bits per heavy atom. The van der Waals surface area contributed by atoms with Gasteiger partial charge in [0.15, 0.2) is 0 Å². The lowest BCUT2D eigenvalue weighted by molar-refractivity contribution is -0.141. The molecule has 0 spiro atoms. The molecule has 2 aliphatic rings. The molecular formula is C13H23NO5S. The summed E-state index contributed by atoms with van der Waals surface area (Å²) in [7, 11) is -3.54. The third kappa shape index (κ3) is 2.99. The molecule has 0 radical (unpaired) electrons. The van der Waals surface area contributed by atoms with E-state index in [4.69, 9.17) is 5.11 Å². The molecule has 3 unspecified atom stereocenters. The van der Waals surface area contributed by atoms with Gasteiger partial charge < -0.3 is 10.2 Å². The number of carboxylic acids is 1. The summed E-state index contributed by atoms with van der Waals surface area (Å²) in [6, 6.07) is -0.0674. The van der Waals surface area contributed by atoms with Crippen molar-refractivity contribution in [3.8, 4) is 0 Å². The zero-order chi connectivity index (χ0) is 14.8. The highest BCUT2D eigenvalue weighted by molar-refractivity contribution is 7.89. The van der Waals surface area contributed by atoms with Gasteiger partial charge in [-0.2, -0.15) is 4.31 Å². The van der Waals surface area contributed by atoms with Gasteiger partial charge in [0.25, 0.3) is 0 Å². The summed E-state index contributed by atoms with van der Waals surface area (Å²) in [5.74, 6) is -1.76. The van der Waals surface area contributed by atoms with Crippen LogP contribution in [0.15, 0.2) is 0 Å². The summed E-state index contributed by atoms with van der Waals surface area (Å²) in [4.78, 5) is 11.2. The first-order valence-electron chi connectivity index (χ1n) is 7.32. The number of sulfonamides is 1. The van der Waals surface area contributed by atoms with Crippen molar-refractivity contribution in [2.75, 3.05) is 13.2 Å². The standard InChI is InChI=1S/C13H23NO5S/c15-9-3-5-10-4-2-8-14(10)20(18,19)12-7-1-6-11(12)13(16)17/h10-12,15H,1-9H2,(H,16,17). The largest absolute Gasteiger partial charge is 0.481 e. The highest BCUT2D eigenvalue weighted by Gasteiger charge is 2.46. The molecule has 2 fully saturated rings. The zero-order valence-electron chi connectivity index (χ0n) is 11.6. The maximum absolute atomic E-state index is 12.7. The molecule has 116 valence electrons. The Balaban J connectivity index is 2.14. The number of rotatable bonds is 6. The number of hydrogen-bond donors (Lipinski definition) is 2. The lowest BCUT2D eigenvalue weighted by atomic mass is 10.1. The third-order valence-electron chi connectivity index (χ3n) is 4.50. The highest BCUT2D eigenvalue weighted by Crippen LogP contribution is 2.36. The van der Waals surface area contributed by atoms with Crippen molar-refractivity contribution in [1.82, 2.24) is 4.31 Å². The van der Waals surface area contributed by atoms with Crippen molar-refractivity contribution in [3.63, 3.8) is 0 Å². The molecule has 1 aliphatic heterocycles. The van der Waals surface area contributed by atoms with Gasteiger partial charge >= 0.3 is 5.97 Å². The molecule has 1 saturated carbocycles. The number of hydrogen-bond acceptors (Lipinski definition) is 4. The number of aliphatic hydroxyl groups is 1. The van der Waals surface area contributed by atoms with E-state index in [1.807, 2.05) is 0 Å². The van der Waals surface area contributed by atoms with Crippen LogP contribution in [0.3, 0.4) is 0 Å². The lowest BCUT2D eigenvalue weighted by Gasteiger charge is -2.28. The fourth-order valence-corrected chi connectivity index (χ4v) is 5.99. The first-order chi connectivity index (χ1) is 9.48. The van der Waals surface area contributed by atoms with E-state index in [9.17, 15) is 18.3 Å². The lowest BCUT2D eigenvalue weighted by Crippen LogP contribution is -2.44. The van der Waals surface area contributed by atoms with Gasteiger partial charge in [-0.15, -0.1) is 0 Å². The van der Waals surface area contributed by atoms with Crippen molar-refractivity contribution in [2.24, 2.45) is 5.92 Å². The third-order valence-corrected chi connectivity index (χ3v) is 6.96. The van der Waals surface area contributed by atoms with E-state index in [-0.39, 0.29) is 12.6 Å². The van der Waals surface area contributed by atoms with Gasteiger partial charge in [0.1, 0.15) is 0 Å². The van der Waals surface area contributed by atoms with E-state index >= 15 is 0 Å². The van der Waals surface area contributed by atoms with E-state index in [2.05, 4.69) is 0 Å². The van der Waals surface area contributed by atoms with Crippen LogP contribution in [0.2, 0.25) is 0 Å². The molecule has 0 amide bonds. The number of aliphatic hydroxyl groups excluding tert-OH is 1. The Labute approximate surface area is 119 Å². The molecule has 6 nitrogen and oxygen atoms in total. The molecular weight excluding hydrogens is 282 g/mol. The average Bonchev–Trinajstić information content (AvgIpc) is 3.05. The zero-order valence-corrected chi connectivity index (χ0v) is 12.4. The van der Waals surface area contributed by atoms with Crippen molar-refractivity contribution in [2.45, 2.75) is 56.2 Å². The van der Waals surface area contributed by atoms with Crippen LogP contribution in [-0.2, 0) is 14.8 Å². The predicted octanol–water partition coefficient (Wildman–Crippen LogP) is 0.806. The molecule has 0 aromatic heterocycles. The molecule has 1 heterocycles. The second kappa shape index (κ2) is 6.41. The van der Waals surface area contributed by atoms with Crippen LogP contribution in [-0.4, -0.2) is 53.3 Å². The maximum Gasteiger partial charge on any atom is 0.307 e. The monoisotopic (exact) mass is 305 g/mol. The minimum Gasteiger partial charge on any atom is -0.481 e. The van der Waals surface area contributed by atoms with Gasteiger partial charge in [0, 0.05) is 19.2 Å². The van der Waals surface area contributed by atoms with Crippen molar-refractivity contribution >= 4 is 16.0 Å². The second-order valence-electron chi connectivity index (χ2n) is 5.73. The second-order valence-corrected chi connectivity index (χ2v) is 7.84. The summed E-state index contributed by atoms with van der Waals surface area (Å²) in [5, 5.41) is 17.3. The van der Waals surface area contributed by atoms with Crippen molar-refractivity contribution in [1.29, 1.82) is 0 Å². The fourth-order valence-electron chi connectivity index (χ4n) is 3.50. The quantitative estimate of drug-likeness (QED) is 0.757. The fraction of sp³-hybridized carbons (Fsp3) is 0.923. The van der Waals surface area contributed by atoms with Gasteiger partial charge in [0.2, 0.25) is 10.0 Å². The Bertz CT molecular complexity index is 450.